The van der Waals surface area contributed by atoms with E-state index in [1.54, 1.807) is 6.07 Å². The van der Waals surface area contributed by atoms with Crippen LogP contribution in [0.3, 0.4) is 0 Å². The van der Waals surface area contributed by atoms with E-state index in [-0.39, 0.29) is 6.04 Å². The van der Waals surface area contributed by atoms with Gasteiger partial charge in [0.25, 0.3) is 0 Å². The molecule has 2 heterocycles. The summed E-state index contributed by atoms with van der Waals surface area (Å²) in [5, 5.41) is 8.87. The van der Waals surface area contributed by atoms with Crippen molar-refractivity contribution in [2.45, 2.75) is 13.0 Å². The fourth-order valence-electron chi connectivity index (χ4n) is 2.80. The lowest BCUT2D eigenvalue weighted by atomic mass is 10.0. The molecule has 0 radical (unpaired) electrons. The van der Waals surface area contributed by atoms with Crippen LogP contribution in [0.1, 0.15) is 22.7 Å². The first-order valence-electron chi connectivity index (χ1n) is 7.52. The Bertz CT molecular complexity index is 928. The molecule has 4 nitrogen and oxygen atoms in total. The summed E-state index contributed by atoms with van der Waals surface area (Å²) in [6.07, 6.45) is 3.63. The van der Waals surface area contributed by atoms with Crippen molar-refractivity contribution in [2.75, 3.05) is 5.32 Å². The van der Waals surface area contributed by atoms with Gasteiger partial charge in [0.2, 0.25) is 5.95 Å². The van der Waals surface area contributed by atoms with Crippen molar-refractivity contribution in [2.24, 2.45) is 0 Å². The van der Waals surface area contributed by atoms with Crippen LogP contribution >= 0.6 is 23.2 Å². The molecule has 0 amide bonds. The number of halogens is 2. The molecule has 3 aromatic rings. The van der Waals surface area contributed by atoms with Gasteiger partial charge in [-0.15, -0.1) is 0 Å². The first-order chi connectivity index (χ1) is 11.6. The third-order valence-corrected chi connectivity index (χ3v) is 4.61. The summed E-state index contributed by atoms with van der Waals surface area (Å²) in [5.74, 6) is 0.684. The highest BCUT2D eigenvalue weighted by atomic mass is 35.5. The monoisotopic (exact) mass is 356 g/mol. The van der Waals surface area contributed by atoms with Crippen molar-refractivity contribution in [1.29, 1.82) is 0 Å². The van der Waals surface area contributed by atoms with Crippen LogP contribution in [-0.2, 0) is 0 Å². The zero-order valence-corrected chi connectivity index (χ0v) is 14.4. The SMILES string of the molecule is Cc1ccc(C2=C[C@H](c3ccc(Cl)cc3Cl)n3ncnc3N2)cc1. The average molecular weight is 357 g/mol. The second kappa shape index (κ2) is 5.96. The zero-order valence-electron chi connectivity index (χ0n) is 12.9. The molecule has 0 fully saturated rings. The number of hydrogen-bond acceptors (Lipinski definition) is 3. The summed E-state index contributed by atoms with van der Waals surface area (Å²) in [4.78, 5) is 4.30. The van der Waals surface area contributed by atoms with E-state index in [1.165, 1.54) is 11.9 Å². The van der Waals surface area contributed by atoms with Gasteiger partial charge >= 0.3 is 0 Å². The molecule has 1 aliphatic rings. The Kier molecular flexibility index (Phi) is 3.79. The average Bonchev–Trinajstić information content (AvgIpc) is 3.03. The predicted octanol–water partition coefficient (Wildman–Crippen LogP) is 4.95. The molecule has 4 rings (SSSR count). The normalized spacial score (nSPS) is 16.3. The standard InChI is InChI=1S/C18H14Cl2N4/c1-11-2-4-12(5-3-11)16-9-17(24-18(23-16)21-10-22-24)14-7-6-13(19)8-15(14)20/h2-10,17H,1H3,(H,21,22,23)/t17-/m1/s1. The van der Waals surface area contributed by atoms with E-state index in [0.29, 0.717) is 16.0 Å². The number of nitrogens with zero attached hydrogens (tertiary/aromatic N) is 3. The van der Waals surface area contributed by atoms with Crippen LogP contribution in [-0.4, -0.2) is 14.8 Å². The zero-order chi connectivity index (χ0) is 16.7. The number of aryl methyl sites for hydroxylation is 1. The van der Waals surface area contributed by atoms with Crippen LogP contribution in [0, 0.1) is 6.92 Å². The first-order valence-corrected chi connectivity index (χ1v) is 8.28. The van der Waals surface area contributed by atoms with Crippen LogP contribution in [0.25, 0.3) is 5.70 Å². The molecule has 120 valence electrons. The summed E-state index contributed by atoms with van der Waals surface area (Å²) in [6, 6.07) is 13.7. The number of rotatable bonds is 2. The summed E-state index contributed by atoms with van der Waals surface area (Å²) in [6.45, 7) is 2.07. The van der Waals surface area contributed by atoms with Gasteiger partial charge in [0.05, 0.1) is 0 Å². The number of benzene rings is 2. The van der Waals surface area contributed by atoms with E-state index in [0.717, 1.165) is 16.8 Å². The second-order valence-corrected chi connectivity index (χ2v) is 6.55. The van der Waals surface area contributed by atoms with E-state index < -0.39 is 0 Å². The molecule has 6 heteroatoms. The summed E-state index contributed by atoms with van der Waals surface area (Å²) in [7, 11) is 0. The van der Waals surface area contributed by atoms with Crippen molar-refractivity contribution in [3.63, 3.8) is 0 Å². The van der Waals surface area contributed by atoms with Gasteiger partial charge in [-0.25, -0.2) is 4.68 Å². The van der Waals surface area contributed by atoms with Gasteiger partial charge in [0.15, 0.2) is 0 Å². The van der Waals surface area contributed by atoms with Gasteiger partial charge in [-0.2, -0.15) is 10.1 Å². The highest BCUT2D eigenvalue weighted by Gasteiger charge is 2.25. The van der Waals surface area contributed by atoms with Crippen LogP contribution in [0.5, 0.6) is 0 Å². The molecule has 1 atom stereocenters. The number of hydrogen-bond donors (Lipinski definition) is 1. The minimum absolute atomic E-state index is 0.148. The predicted molar refractivity (Wildman–Crippen MR) is 97.4 cm³/mol. The number of aromatic nitrogens is 3. The minimum Gasteiger partial charge on any atom is -0.324 e. The minimum atomic E-state index is -0.148. The number of allylic oxidation sites excluding steroid dienone is 1. The highest BCUT2D eigenvalue weighted by Crippen LogP contribution is 2.35. The highest BCUT2D eigenvalue weighted by molar-refractivity contribution is 6.35. The van der Waals surface area contributed by atoms with Crippen molar-refractivity contribution in [3.8, 4) is 0 Å². The van der Waals surface area contributed by atoms with E-state index in [4.69, 9.17) is 23.2 Å². The Balaban J connectivity index is 1.83. The Morgan fingerprint density at radius 1 is 1.08 bits per heavy atom. The van der Waals surface area contributed by atoms with Gasteiger partial charge < -0.3 is 5.32 Å². The Morgan fingerprint density at radius 2 is 1.88 bits per heavy atom. The third kappa shape index (κ3) is 2.68. The van der Waals surface area contributed by atoms with Gasteiger partial charge in [0.1, 0.15) is 12.4 Å². The van der Waals surface area contributed by atoms with Crippen LogP contribution in [0.2, 0.25) is 10.0 Å². The van der Waals surface area contributed by atoms with Crippen LogP contribution in [0.15, 0.2) is 54.9 Å². The maximum atomic E-state index is 6.42. The van der Waals surface area contributed by atoms with Gasteiger partial charge in [-0.05, 0) is 36.3 Å². The van der Waals surface area contributed by atoms with Crippen molar-refractivity contribution in [3.05, 3.63) is 81.6 Å². The number of anilines is 1. The van der Waals surface area contributed by atoms with Crippen molar-refractivity contribution < 1.29 is 0 Å². The molecule has 0 saturated carbocycles. The van der Waals surface area contributed by atoms with E-state index in [1.807, 2.05) is 16.8 Å². The van der Waals surface area contributed by atoms with Gasteiger partial charge in [-0.3, -0.25) is 0 Å². The molecule has 1 N–H and O–H groups in total. The summed E-state index contributed by atoms with van der Waals surface area (Å²) >= 11 is 12.4. The van der Waals surface area contributed by atoms with E-state index in [2.05, 4.69) is 52.7 Å². The molecule has 2 aromatic carbocycles. The largest absolute Gasteiger partial charge is 0.324 e. The maximum absolute atomic E-state index is 6.42. The lowest BCUT2D eigenvalue weighted by Gasteiger charge is -2.25. The topological polar surface area (TPSA) is 42.7 Å². The quantitative estimate of drug-likeness (QED) is 0.706. The van der Waals surface area contributed by atoms with E-state index >= 15 is 0 Å². The molecule has 0 spiro atoms. The second-order valence-electron chi connectivity index (χ2n) is 5.71. The van der Waals surface area contributed by atoms with Crippen molar-refractivity contribution >= 4 is 34.8 Å². The lowest BCUT2D eigenvalue weighted by Crippen LogP contribution is -2.20. The lowest BCUT2D eigenvalue weighted by molar-refractivity contribution is 0.612. The van der Waals surface area contributed by atoms with Gasteiger partial charge in [0, 0.05) is 15.7 Å². The van der Waals surface area contributed by atoms with Gasteiger partial charge in [-0.1, -0.05) is 59.1 Å². The Hall–Kier alpha value is -2.30. The fraction of sp³-hybridized carbons (Fsp3) is 0.111. The third-order valence-electron chi connectivity index (χ3n) is 4.05. The molecular weight excluding hydrogens is 343 g/mol. The molecule has 1 aliphatic heterocycles. The molecule has 24 heavy (non-hydrogen) atoms. The van der Waals surface area contributed by atoms with Crippen LogP contribution < -0.4 is 5.32 Å². The smallest absolute Gasteiger partial charge is 0.226 e. The number of fused-ring (bicyclic) bond motifs is 1. The molecule has 0 bridgehead atoms. The van der Waals surface area contributed by atoms with Crippen LogP contribution in [0.4, 0.5) is 5.95 Å². The molecular formula is C18H14Cl2N4. The fourth-order valence-corrected chi connectivity index (χ4v) is 3.32. The molecule has 0 unspecified atom stereocenters. The maximum Gasteiger partial charge on any atom is 0.226 e. The van der Waals surface area contributed by atoms with E-state index in [9.17, 15) is 0 Å². The molecule has 0 saturated heterocycles. The number of nitrogens with one attached hydrogen (secondary N) is 1. The summed E-state index contributed by atoms with van der Waals surface area (Å²) < 4.78 is 1.81. The summed E-state index contributed by atoms with van der Waals surface area (Å²) in [5.41, 5.74) is 4.21. The first kappa shape index (κ1) is 15.2. The Labute approximate surface area is 149 Å². The Morgan fingerprint density at radius 3 is 2.62 bits per heavy atom. The molecule has 1 aromatic heterocycles. The molecule has 0 aliphatic carbocycles. The van der Waals surface area contributed by atoms with Crippen molar-refractivity contribution in [1.82, 2.24) is 14.8 Å².